The topological polar surface area (TPSA) is 113 Å². The lowest BCUT2D eigenvalue weighted by atomic mass is 10.0. The third-order valence-corrected chi connectivity index (χ3v) is 3.61. The first-order valence-electron chi connectivity index (χ1n) is 6.32. The Balaban J connectivity index is 3.06. The molecular formula is C13H17FN2O5S. The molecule has 2 atom stereocenters. The van der Waals surface area contributed by atoms with Gasteiger partial charge in [-0.1, -0.05) is 0 Å². The SMILES string of the molecule is CC(NC(=O)c1cc(F)ccc1NS(C)(=O)=O)C(C)C(=O)O. The highest BCUT2D eigenvalue weighted by Crippen LogP contribution is 2.19. The van der Waals surface area contributed by atoms with Crippen molar-refractivity contribution in [1.82, 2.24) is 5.32 Å². The lowest BCUT2D eigenvalue weighted by molar-refractivity contribution is -0.141. The molecular weight excluding hydrogens is 315 g/mol. The number of anilines is 1. The van der Waals surface area contributed by atoms with E-state index in [9.17, 15) is 22.4 Å². The van der Waals surface area contributed by atoms with E-state index in [1.165, 1.54) is 13.8 Å². The number of carbonyl (C=O) groups is 2. The Morgan fingerprint density at radius 2 is 1.86 bits per heavy atom. The van der Waals surface area contributed by atoms with E-state index in [4.69, 9.17) is 5.11 Å². The lowest BCUT2D eigenvalue weighted by Gasteiger charge is -2.19. The molecule has 0 aromatic heterocycles. The number of rotatable bonds is 6. The zero-order chi connectivity index (χ0) is 17.1. The number of amides is 1. The minimum atomic E-state index is -3.65. The van der Waals surface area contributed by atoms with E-state index >= 15 is 0 Å². The van der Waals surface area contributed by atoms with Crippen LogP contribution in [0, 0.1) is 11.7 Å². The molecule has 7 nitrogen and oxygen atoms in total. The molecule has 0 aliphatic rings. The monoisotopic (exact) mass is 332 g/mol. The molecule has 3 N–H and O–H groups in total. The molecule has 122 valence electrons. The van der Waals surface area contributed by atoms with Crippen molar-refractivity contribution in [3.63, 3.8) is 0 Å². The van der Waals surface area contributed by atoms with E-state index in [0.717, 1.165) is 24.5 Å². The van der Waals surface area contributed by atoms with E-state index in [0.29, 0.717) is 0 Å². The second-order valence-corrected chi connectivity index (χ2v) is 6.70. The van der Waals surface area contributed by atoms with Gasteiger partial charge in [-0.05, 0) is 32.0 Å². The predicted octanol–water partition coefficient (Wildman–Crippen LogP) is 1.04. The fraction of sp³-hybridized carbons (Fsp3) is 0.385. The van der Waals surface area contributed by atoms with Crippen molar-refractivity contribution in [3.8, 4) is 0 Å². The minimum absolute atomic E-state index is 0.0865. The molecule has 0 radical (unpaired) electrons. The van der Waals surface area contributed by atoms with Crippen molar-refractivity contribution >= 4 is 27.6 Å². The summed E-state index contributed by atoms with van der Waals surface area (Å²) in [7, 11) is -3.65. The summed E-state index contributed by atoms with van der Waals surface area (Å²) in [5.74, 6) is -3.44. The Kier molecular flexibility index (Phi) is 5.48. The van der Waals surface area contributed by atoms with Gasteiger partial charge in [0.15, 0.2) is 0 Å². The van der Waals surface area contributed by atoms with Gasteiger partial charge in [0.25, 0.3) is 5.91 Å². The van der Waals surface area contributed by atoms with Gasteiger partial charge in [-0.3, -0.25) is 14.3 Å². The van der Waals surface area contributed by atoms with Crippen LogP contribution in [0.1, 0.15) is 24.2 Å². The Labute approximate surface area is 127 Å². The minimum Gasteiger partial charge on any atom is -0.481 e. The first kappa shape index (κ1) is 17.9. The van der Waals surface area contributed by atoms with E-state index < -0.39 is 39.7 Å². The van der Waals surface area contributed by atoms with Gasteiger partial charge in [0.1, 0.15) is 5.82 Å². The van der Waals surface area contributed by atoms with Gasteiger partial charge >= 0.3 is 5.97 Å². The fourth-order valence-corrected chi connectivity index (χ4v) is 2.19. The molecule has 2 unspecified atom stereocenters. The molecule has 22 heavy (non-hydrogen) atoms. The van der Waals surface area contributed by atoms with Crippen LogP contribution in [0.25, 0.3) is 0 Å². The summed E-state index contributed by atoms with van der Waals surface area (Å²) >= 11 is 0. The van der Waals surface area contributed by atoms with Crippen LogP contribution in [-0.4, -0.2) is 37.7 Å². The molecule has 1 aromatic rings. The number of halogens is 1. The molecule has 1 rings (SSSR count). The van der Waals surface area contributed by atoms with E-state index in [-0.39, 0.29) is 11.3 Å². The number of sulfonamides is 1. The van der Waals surface area contributed by atoms with Crippen LogP contribution in [0.3, 0.4) is 0 Å². The van der Waals surface area contributed by atoms with Crippen molar-refractivity contribution in [1.29, 1.82) is 0 Å². The van der Waals surface area contributed by atoms with Crippen LogP contribution in [-0.2, 0) is 14.8 Å². The summed E-state index contributed by atoms with van der Waals surface area (Å²) in [6, 6.07) is 2.28. The van der Waals surface area contributed by atoms with Crippen molar-refractivity contribution in [3.05, 3.63) is 29.6 Å². The van der Waals surface area contributed by atoms with Crippen LogP contribution < -0.4 is 10.0 Å². The highest BCUT2D eigenvalue weighted by molar-refractivity contribution is 7.92. The summed E-state index contributed by atoms with van der Waals surface area (Å²) in [4.78, 5) is 23.0. The summed E-state index contributed by atoms with van der Waals surface area (Å²) in [5, 5.41) is 11.3. The van der Waals surface area contributed by atoms with Crippen LogP contribution in [0.2, 0.25) is 0 Å². The quantitative estimate of drug-likeness (QED) is 0.720. The Morgan fingerprint density at radius 3 is 2.36 bits per heavy atom. The number of hydrogen-bond donors (Lipinski definition) is 3. The third kappa shape index (κ3) is 4.99. The van der Waals surface area contributed by atoms with Crippen LogP contribution in [0.5, 0.6) is 0 Å². The summed E-state index contributed by atoms with van der Waals surface area (Å²) in [6.07, 6.45) is 0.896. The highest BCUT2D eigenvalue weighted by atomic mass is 32.2. The number of aliphatic carboxylic acids is 1. The number of carbonyl (C=O) groups excluding carboxylic acids is 1. The van der Waals surface area contributed by atoms with Gasteiger partial charge in [0.2, 0.25) is 10.0 Å². The molecule has 0 saturated carbocycles. The fourth-order valence-electron chi connectivity index (χ4n) is 1.62. The van der Waals surface area contributed by atoms with E-state index in [1.807, 2.05) is 0 Å². The summed E-state index contributed by atoms with van der Waals surface area (Å²) in [6.45, 7) is 2.90. The molecule has 0 spiro atoms. The van der Waals surface area contributed by atoms with Crippen LogP contribution >= 0.6 is 0 Å². The maximum Gasteiger partial charge on any atom is 0.308 e. The van der Waals surface area contributed by atoms with Crippen LogP contribution in [0.15, 0.2) is 18.2 Å². The molecule has 9 heteroatoms. The first-order chi connectivity index (χ1) is 10.0. The van der Waals surface area contributed by atoms with Crippen LogP contribution in [0.4, 0.5) is 10.1 Å². The molecule has 0 fully saturated rings. The van der Waals surface area contributed by atoms with Crippen molar-refractivity contribution in [2.24, 2.45) is 5.92 Å². The number of carboxylic acids is 1. The zero-order valence-corrected chi connectivity index (χ0v) is 13.1. The number of benzene rings is 1. The first-order valence-corrected chi connectivity index (χ1v) is 8.21. The maximum atomic E-state index is 13.3. The number of carboxylic acid groups (broad SMARTS) is 1. The Hall–Kier alpha value is -2.16. The maximum absolute atomic E-state index is 13.3. The summed E-state index contributed by atoms with van der Waals surface area (Å²) < 4.78 is 38.0. The van der Waals surface area contributed by atoms with Gasteiger partial charge in [-0.25, -0.2) is 12.8 Å². The smallest absolute Gasteiger partial charge is 0.308 e. The van der Waals surface area contributed by atoms with Gasteiger partial charge in [0, 0.05) is 6.04 Å². The second-order valence-electron chi connectivity index (χ2n) is 4.95. The molecule has 0 saturated heterocycles. The number of hydrogen-bond acceptors (Lipinski definition) is 4. The van der Waals surface area contributed by atoms with E-state index in [1.54, 1.807) is 0 Å². The van der Waals surface area contributed by atoms with E-state index in [2.05, 4.69) is 10.0 Å². The molecule has 0 heterocycles. The summed E-state index contributed by atoms with van der Waals surface area (Å²) in [5.41, 5.74) is -0.313. The molecule has 0 bridgehead atoms. The largest absolute Gasteiger partial charge is 0.481 e. The van der Waals surface area contributed by atoms with Crippen molar-refractivity contribution < 1.29 is 27.5 Å². The average Bonchev–Trinajstić information content (AvgIpc) is 2.38. The number of nitrogens with one attached hydrogen (secondary N) is 2. The predicted molar refractivity (Wildman–Crippen MR) is 78.6 cm³/mol. The van der Waals surface area contributed by atoms with Crippen molar-refractivity contribution in [2.45, 2.75) is 19.9 Å². The van der Waals surface area contributed by atoms with Gasteiger partial charge in [-0.15, -0.1) is 0 Å². The third-order valence-electron chi connectivity index (χ3n) is 3.02. The normalized spacial score (nSPS) is 14.0. The lowest BCUT2D eigenvalue weighted by Crippen LogP contribution is -2.40. The Morgan fingerprint density at radius 1 is 1.27 bits per heavy atom. The van der Waals surface area contributed by atoms with Gasteiger partial charge < -0.3 is 10.4 Å². The highest BCUT2D eigenvalue weighted by Gasteiger charge is 2.23. The average molecular weight is 332 g/mol. The molecule has 1 aromatic carbocycles. The van der Waals surface area contributed by atoms with Gasteiger partial charge in [-0.2, -0.15) is 0 Å². The molecule has 1 amide bonds. The Bertz CT molecular complexity index is 690. The van der Waals surface area contributed by atoms with Crippen molar-refractivity contribution in [2.75, 3.05) is 11.0 Å². The molecule has 0 aliphatic heterocycles. The second kappa shape index (κ2) is 6.73. The molecule has 0 aliphatic carbocycles. The standard InChI is InChI=1S/C13H17FN2O5S/c1-7(13(18)19)8(2)15-12(17)10-6-9(14)4-5-11(10)16-22(3,20)21/h4-8,16H,1-3H3,(H,15,17)(H,18,19). The van der Waals surface area contributed by atoms with Gasteiger partial charge in [0.05, 0.1) is 23.4 Å². The zero-order valence-electron chi connectivity index (χ0n) is 12.3.